The molecule has 0 bridgehead atoms. The average molecular weight is 205 g/mol. The number of nitriles is 1. The molecule has 0 saturated carbocycles. The summed E-state index contributed by atoms with van der Waals surface area (Å²) in [6.45, 7) is 0. The van der Waals surface area contributed by atoms with Crippen LogP contribution in [0.1, 0.15) is 17.0 Å². The van der Waals surface area contributed by atoms with Gasteiger partial charge in [0.2, 0.25) is 0 Å². The van der Waals surface area contributed by atoms with Crippen LogP contribution < -0.4 is 0 Å². The lowest BCUT2D eigenvalue weighted by atomic mass is 9.79. The monoisotopic (exact) mass is 205 g/mol. The Hall–Kier alpha value is -2.07. The third-order valence-corrected chi connectivity index (χ3v) is 3.22. The van der Waals surface area contributed by atoms with Crippen molar-refractivity contribution in [1.29, 1.82) is 5.26 Å². The van der Waals surface area contributed by atoms with E-state index in [9.17, 15) is 5.26 Å². The molecule has 0 heterocycles. The van der Waals surface area contributed by atoms with Crippen LogP contribution in [-0.2, 0) is 6.42 Å². The maximum Gasteiger partial charge on any atom is 0.0759 e. The van der Waals surface area contributed by atoms with E-state index in [1.54, 1.807) is 0 Å². The van der Waals surface area contributed by atoms with Crippen molar-refractivity contribution in [2.45, 2.75) is 12.3 Å². The summed E-state index contributed by atoms with van der Waals surface area (Å²) in [4.78, 5) is 0. The molecule has 0 fully saturated rings. The molecule has 0 N–H and O–H groups in total. The first-order chi connectivity index (χ1) is 7.90. The maximum absolute atomic E-state index is 9.21. The zero-order valence-electron chi connectivity index (χ0n) is 8.85. The fourth-order valence-corrected chi connectivity index (χ4v) is 2.45. The highest BCUT2D eigenvalue weighted by Gasteiger charge is 2.23. The minimum Gasteiger partial charge on any atom is -0.198 e. The second-order valence-corrected chi connectivity index (χ2v) is 4.13. The van der Waals surface area contributed by atoms with Gasteiger partial charge in [-0.2, -0.15) is 5.26 Å². The normalized spacial score (nSPS) is 17.1. The van der Waals surface area contributed by atoms with Crippen molar-refractivity contribution in [3.63, 3.8) is 0 Å². The summed E-state index contributed by atoms with van der Waals surface area (Å²) in [5, 5.41) is 9.21. The highest BCUT2D eigenvalue weighted by Crippen LogP contribution is 2.38. The summed E-state index contributed by atoms with van der Waals surface area (Å²) in [6.07, 6.45) is 0.837. The van der Waals surface area contributed by atoms with Gasteiger partial charge in [-0.05, 0) is 28.7 Å². The van der Waals surface area contributed by atoms with E-state index in [4.69, 9.17) is 0 Å². The minimum absolute atomic E-state index is 0.00565. The summed E-state index contributed by atoms with van der Waals surface area (Å²) in [5.41, 5.74) is 4.96. The van der Waals surface area contributed by atoms with Crippen molar-refractivity contribution in [3.8, 4) is 17.2 Å². The molecule has 0 amide bonds. The van der Waals surface area contributed by atoms with Gasteiger partial charge in [-0.3, -0.25) is 0 Å². The van der Waals surface area contributed by atoms with E-state index >= 15 is 0 Å². The molecule has 16 heavy (non-hydrogen) atoms. The Morgan fingerprint density at radius 3 is 2.44 bits per heavy atom. The van der Waals surface area contributed by atoms with Gasteiger partial charge in [0, 0.05) is 0 Å². The fraction of sp³-hybridized carbons (Fsp3) is 0.133. The SMILES string of the molecule is N#C[C@@H]1Cc2ccccc2-c2ccccc21. The molecule has 2 aromatic carbocycles. The Labute approximate surface area is 95.0 Å². The van der Waals surface area contributed by atoms with Crippen molar-refractivity contribution in [2.75, 3.05) is 0 Å². The lowest BCUT2D eigenvalue weighted by molar-refractivity contribution is 0.836. The van der Waals surface area contributed by atoms with E-state index < -0.39 is 0 Å². The molecule has 1 heteroatoms. The van der Waals surface area contributed by atoms with Crippen molar-refractivity contribution >= 4 is 0 Å². The van der Waals surface area contributed by atoms with Gasteiger partial charge < -0.3 is 0 Å². The van der Waals surface area contributed by atoms with Gasteiger partial charge in [0.05, 0.1) is 12.0 Å². The van der Waals surface area contributed by atoms with E-state index in [2.05, 4.69) is 36.4 Å². The molecular weight excluding hydrogens is 194 g/mol. The molecule has 2 aromatic rings. The van der Waals surface area contributed by atoms with E-state index in [-0.39, 0.29) is 5.92 Å². The predicted octanol–water partition coefficient (Wildman–Crippen LogP) is 3.52. The molecule has 0 aromatic heterocycles. The van der Waals surface area contributed by atoms with Crippen LogP contribution >= 0.6 is 0 Å². The number of fused-ring (bicyclic) bond motifs is 3. The Balaban J connectivity index is 2.29. The number of rotatable bonds is 0. The van der Waals surface area contributed by atoms with E-state index in [1.807, 2.05) is 18.2 Å². The van der Waals surface area contributed by atoms with Crippen LogP contribution in [0.25, 0.3) is 11.1 Å². The van der Waals surface area contributed by atoms with E-state index in [1.165, 1.54) is 22.3 Å². The molecule has 1 aliphatic carbocycles. The molecule has 0 unspecified atom stereocenters. The van der Waals surface area contributed by atoms with Gasteiger partial charge in [0.15, 0.2) is 0 Å². The number of hydrogen-bond acceptors (Lipinski definition) is 1. The molecule has 1 nitrogen and oxygen atoms in total. The van der Waals surface area contributed by atoms with Gasteiger partial charge in [0.1, 0.15) is 0 Å². The van der Waals surface area contributed by atoms with E-state index in [0.717, 1.165) is 6.42 Å². The first-order valence-corrected chi connectivity index (χ1v) is 5.47. The predicted molar refractivity (Wildman–Crippen MR) is 63.9 cm³/mol. The van der Waals surface area contributed by atoms with Crippen LogP contribution in [0, 0.1) is 11.3 Å². The van der Waals surface area contributed by atoms with Crippen LogP contribution in [0.5, 0.6) is 0 Å². The smallest absolute Gasteiger partial charge is 0.0759 e. The standard InChI is InChI=1S/C15H11N/c16-10-12-9-11-5-1-2-6-13(11)15-8-4-3-7-14(12)15/h1-8,12H,9H2/t12-/m0/s1. The van der Waals surface area contributed by atoms with Gasteiger partial charge >= 0.3 is 0 Å². The Morgan fingerprint density at radius 2 is 1.62 bits per heavy atom. The summed E-state index contributed by atoms with van der Waals surface area (Å²) in [5.74, 6) is 0.00565. The molecule has 1 atom stereocenters. The van der Waals surface area contributed by atoms with Crippen molar-refractivity contribution < 1.29 is 0 Å². The van der Waals surface area contributed by atoms with Gasteiger partial charge in [-0.1, -0.05) is 48.5 Å². The summed E-state index contributed by atoms with van der Waals surface area (Å²) in [6, 6.07) is 19.0. The Bertz CT molecular complexity index is 578. The third-order valence-electron chi connectivity index (χ3n) is 3.22. The molecule has 76 valence electrons. The topological polar surface area (TPSA) is 23.8 Å². The second kappa shape index (κ2) is 3.50. The summed E-state index contributed by atoms with van der Waals surface area (Å²) >= 11 is 0. The fourth-order valence-electron chi connectivity index (χ4n) is 2.45. The zero-order valence-corrected chi connectivity index (χ0v) is 8.85. The van der Waals surface area contributed by atoms with Crippen LogP contribution in [0.15, 0.2) is 48.5 Å². The molecular formula is C15H11N. The van der Waals surface area contributed by atoms with E-state index in [0.29, 0.717) is 0 Å². The molecule has 0 spiro atoms. The first kappa shape index (κ1) is 9.18. The zero-order chi connectivity index (χ0) is 11.0. The van der Waals surface area contributed by atoms with Crippen molar-refractivity contribution in [2.24, 2.45) is 0 Å². The summed E-state index contributed by atoms with van der Waals surface area (Å²) < 4.78 is 0. The van der Waals surface area contributed by atoms with Crippen LogP contribution in [0.2, 0.25) is 0 Å². The lowest BCUT2D eigenvalue weighted by Gasteiger charge is -2.23. The average Bonchev–Trinajstić information content (AvgIpc) is 2.38. The summed E-state index contributed by atoms with van der Waals surface area (Å²) in [7, 11) is 0. The Morgan fingerprint density at radius 1 is 0.938 bits per heavy atom. The second-order valence-electron chi connectivity index (χ2n) is 4.13. The van der Waals surface area contributed by atoms with Crippen molar-refractivity contribution in [1.82, 2.24) is 0 Å². The first-order valence-electron chi connectivity index (χ1n) is 5.47. The van der Waals surface area contributed by atoms with Gasteiger partial charge in [-0.25, -0.2) is 0 Å². The molecule has 0 radical (unpaired) electrons. The van der Waals surface area contributed by atoms with Crippen LogP contribution in [0.4, 0.5) is 0 Å². The number of benzene rings is 2. The van der Waals surface area contributed by atoms with Crippen molar-refractivity contribution in [3.05, 3.63) is 59.7 Å². The number of hydrogen-bond donors (Lipinski definition) is 0. The lowest BCUT2D eigenvalue weighted by Crippen LogP contribution is -2.09. The molecule has 3 rings (SSSR count). The highest BCUT2D eigenvalue weighted by atomic mass is 14.3. The Kier molecular flexibility index (Phi) is 2.01. The largest absolute Gasteiger partial charge is 0.198 e. The highest BCUT2D eigenvalue weighted by molar-refractivity contribution is 5.74. The number of nitrogens with zero attached hydrogens (tertiary/aromatic N) is 1. The molecule has 0 aliphatic heterocycles. The maximum atomic E-state index is 9.21. The quantitative estimate of drug-likeness (QED) is 0.645. The third kappa shape index (κ3) is 1.24. The van der Waals surface area contributed by atoms with Gasteiger partial charge in [-0.15, -0.1) is 0 Å². The van der Waals surface area contributed by atoms with Crippen LogP contribution in [0.3, 0.4) is 0 Å². The minimum atomic E-state index is 0.00565. The molecule has 1 aliphatic rings. The van der Waals surface area contributed by atoms with Crippen LogP contribution in [-0.4, -0.2) is 0 Å². The van der Waals surface area contributed by atoms with Gasteiger partial charge in [0.25, 0.3) is 0 Å². The molecule has 0 saturated heterocycles.